The van der Waals surface area contributed by atoms with Gasteiger partial charge in [-0.1, -0.05) is 28.9 Å². The van der Waals surface area contributed by atoms with Crippen molar-refractivity contribution in [3.8, 4) is 5.69 Å². The topological polar surface area (TPSA) is 91.7 Å². The van der Waals surface area contributed by atoms with Crippen LogP contribution in [0.4, 0.5) is 4.39 Å². The van der Waals surface area contributed by atoms with Gasteiger partial charge in [-0.15, -0.1) is 5.10 Å². The Kier molecular flexibility index (Phi) is 4.46. The standard InChI is InChI=1S/C16H15BClFN6O2/c1-10(13-8-25(22-21-13)14-5-3-2-4-12(14)19)23-7-6-11-15(18)24(17(26)27)9-20-16(11)23/h2-8,10,26-27H,9H2,1H3. The summed E-state index contributed by atoms with van der Waals surface area (Å²) in [4.78, 5) is 5.54. The molecule has 1 atom stereocenters. The van der Waals surface area contributed by atoms with Gasteiger partial charge in [0, 0.05) is 6.20 Å². The maximum atomic E-state index is 14.0. The lowest BCUT2D eigenvalue weighted by atomic mass is 10.1. The summed E-state index contributed by atoms with van der Waals surface area (Å²) in [6.45, 7) is 1.93. The molecule has 3 heterocycles. The van der Waals surface area contributed by atoms with E-state index in [9.17, 15) is 14.4 Å². The van der Waals surface area contributed by atoms with Crippen LogP contribution in [-0.2, 0) is 0 Å². The Morgan fingerprint density at radius 3 is 2.78 bits per heavy atom. The summed E-state index contributed by atoms with van der Waals surface area (Å²) in [6.07, 6.45) is 3.45. The summed E-state index contributed by atoms with van der Waals surface area (Å²) >= 11 is 6.25. The number of para-hydroxylation sites is 1. The molecule has 0 aliphatic carbocycles. The molecule has 2 aromatic heterocycles. The van der Waals surface area contributed by atoms with E-state index in [1.807, 2.05) is 11.5 Å². The van der Waals surface area contributed by atoms with Crippen LogP contribution >= 0.6 is 11.6 Å². The van der Waals surface area contributed by atoms with Crippen molar-refractivity contribution in [3.05, 3.63) is 64.9 Å². The fraction of sp³-hybridized carbons (Fsp3) is 0.188. The summed E-state index contributed by atoms with van der Waals surface area (Å²) in [5.74, 6) is -0.390. The smallest absolute Gasteiger partial charge is 0.408 e. The zero-order valence-electron chi connectivity index (χ0n) is 14.2. The van der Waals surface area contributed by atoms with Crippen molar-refractivity contribution in [3.63, 3.8) is 0 Å². The molecule has 1 aliphatic rings. The summed E-state index contributed by atoms with van der Waals surface area (Å²) in [7, 11) is -1.73. The van der Waals surface area contributed by atoms with Gasteiger partial charge in [-0.2, -0.15) is 0 Å². The van der Waals surface area contributed by atoms with E-state index in [1.54, 1.807) is 36.7 Å². The van der Waals surface area contributed by atoms with Crippen molar-refractivity contribution in [2.75, 3.05) is 6.67 Å². The van der Waals surface area contributed by atoms with E-state index < -0.39 is 7.25 Å². The molecule has 2 N–H and O–H groups in total. The summed E-state index contributed by atoms with van der Waals surface area (Å²) in [6, 6.07) is 7.82. The molecule has 0 amide bonds. The zero-order chi connectivity index (χ0) is 19.1. The first-order valence-corrected chi connectivity index (χ1v) is 8.56. The monoisotopic (exact) mass is 388 g/mol. The number of fused-ring (bicyclic) bond motifs is 1. The van der Waals surface area contributed by atoms with Crippen molar-refractivity contribution in [2.24, 2.45) is 4.99 Å². The molecule has 3 aromatic rings. The van der Waals surface area contributed by atoms with E-state index in [0.717, 1.165) is 4.81 Å². The third-order valence-corrected chi connectivity index (χ3v) is 4.89. The third-order valence-electron chi connectivity index (χ3n) is 4.47. The van der Waals surface area contributed by atoms with E-state index in [0.29, 0.717) is 22.1 Å². The minimum Gasteiger partial charge on any atom is -0.408 e. The predicted molar refractivity (Wildman–Crippen MR) is 96.5 cm³/mol. The van der Waals surface area contributed by atoms with E-state index >= 15 is 0 Å². The molecule has 27 heavy (non-hydrogen) atoms. The summed E-state index contributed by atoms with van der Waals surface area (Å²) in [5.41, 5.74) is 1.53. The molecule has 0 fully saturated rings. The first kappa shape index (κ1) is 17.7. The van der Waals surface area contributed by atoms with Crippen LogP contribution in [0.1, 0.15) is 18.7 Å². The van der Waals surface area contributed by atoms with Crippen LogP contribution in [0, 0.1) is 5.82 Å². The highest BCUT2D eigenvalue weighted by molar-refractivity contribution is 6.52. The number of hydrogen-bond donors (Lipinski definition) is 2. The molecular weight excluding hydrogens is 373 g/mol. The maximum Gasteiger partial charge on any atom is 0.589 e. The Labute approximate surface area is 158 Å². The van der Waals surface area contributed by atoms with Gasteiger partial charge in [0.1, 0.15) is 34.5 Å². The first-order chi connectivity index (χ1) is 13.0. The second-order valence-corrected chi connectivity index (χ2v) is 6.44. The lowest BCUT2D eigenvalue weighted by molar-refractivity contribution is 0.324. The molecule has 11 heteroatoms. The third kappa shape index (κ3) is 3.01. The van der Waals surface area contributed by atoms with Gasteiger partial charge in [0.25, 0.3) is 0 Å². The van der Waals surface area contributed by atoms with Crippen LogP contribution in [-0.4, -0.2) is 48.3 Å². The van der Waals surface area contributed by atoms with Gasteiger partial charge in [-0.3, -0.25) is 0 Å². The minimum atomic E-state index is -1.73. The van der Waals surface area contributed by atoms with Crippen LogP contribution in [0.25, 0.3) is 10.8 Å². The highest BCUT2D eigenvalue weighted by Crippen LogP contribution is 2.17. The number of rotatable bonds is 4. The first-order valence-electron chi connectivity index (χ1n) is 8.18. The molecule has 4 rings (SSSR count). The highest BCUT2D eigenvalue weighted by atomic mass is 35.5. The second-order valence-electron chi connectivity index (χ2n) is 6.08. The normalized spacial score (nSPS) is 14.7. The van der Waals surface area contributed by atoms with Crippen molar-refractivity contribution in [1.82, 2.24) is 24.4 Å². The van der Waals surface area contributed by atoms with Crippen molar-refractivity contribution in [1.29, 1.82) is 0 Å². The van der Waals surface area contributed by atoms with E-state index in [4.69, 9.17) is 11.6 Å². The molecule has 0 saturated heterocycles. The molecule has 0 spiro atoms. The van der Waals surface area contributed by atoms with E-state index in [-0.39, 0.29) is 23.7 Å². The number of halogens is 2. The van der Waals surface area contributed by atoms with Gasteiger partial charge in [0.2, 0.25) is 0 Å². The lowest BCUT2D eigenvalue weighted by Crippen LogP contribution is -2.47. The molecular formula is C16H15BClFN6O2. The van der Waals surface area contributed by atoms with Gasteiger partial charge < -0.3 is 19.4 Å². The fourth-order valence-electron chi connectivity index (χ4n) is 2.98. The Morgan fingerprint density at radius 1 is 1.26 bits per heavy atom. The van der Waals surface area contributed by atoms with Gasteiger partial charge in [0.15, 0.2) is 0 Å². The SMILES string of the molecule is CC(c1cn(-c2ccccc2F)nn1)n1ccc2c1=NCN(B(O)O)C=2Cl. The quantitative estimate of drug-likeness (QED) is 0.484. The summed E-state index contributed by atoms with van der Waals surface area (Å²) < 4.78 is 17.2. The molecule has 1 aromatic carbocycles. The number of nitrogens with zero attached hydrogens (tertiary/aromatic N) is 6. The zero-order valence-corrected chi connectivity index (χ0v) is 15.0. The highest BCUT2D eigenvalue weighted by Gasteiger charge is 2.26. The minimum absolute atomic E-state index is 0.0160. The van der Waals surface area contributed by atoms with Crippen LogP contribution in [0.5, 0.6) is 0 Å². The maximum absolute atomic E-state index is 14.0. The predicted octanol–water partition coefficient (Wildman–Crippen LogP) is -0.0161. The van der Waals surface area contributed by atoms with Gasteiger partial charge in [-0.25, -0.2) is 14.1 Å². The Balaban J connectivity index is 1.72. The largest absolute Gasteiger partial charge is 0.589 e. The molecule has 1 unspecified atom stereocenters. The van der Waals surface area contributed by atoms with E-state index in [1.165, 1.54) is 10.7 Å². The molecule has 138 valence electrons. The lowest BCUT2D eigenvalue weighted by Gasteiger charge is -2.23. The molecule has 0 saturated carbocycles. The van der Waals surface area contributed by atoms with Crippen LogP contribution in [0.3, 0.4) is 0 Å². The molecule has 1 aliphatic heterocycles. The van der Waals surface area contributed by atoms with Crippen molar-refractivity contribution >= 4 is 24.0 Å². The Bertz CT molecular complexity index is 1110. The van der Waals surface area contributed by atoms with Crippen LogP contribution in [0.15, 0.2) is 47.7 Å². The van der Waals surface area contributed by atoms with Crippen LogP contribution in [0.2, 0.25) is 0 Å². The number of benzene rings is 1. The Morgan fingerprint density at radius 2 is 2.04 bits per heavy atom. The second kappa shape index (κ2) is 6.80. The fourth-order valence-corrected chi connectivity index (χ4v) is 3.27. The number of aromatic nitrogens is 4. The Hall–Kier alpha value is -2.69. The van der Waals surface area contributed by atoms with Crippen LogP contribution < -0.4 is 10.7 Å². The average molecular weight is 389 g/mol. The van der Waals surface area contributed by atoms with Gasteiger partial charge >= 0.3 is 7.25 Å². The molecule has 0 radical (unpaired) electrons. The molecule has 0 bridgehead atoms. The molecule has 8 nitrogen and oxygen atoms in total. The van der Waals surface area contributed by atoms with E-state index in [2.05, 4.69) is 15.3 Å². The van der Waals surface area contributed by atoms with Gasteiger partial charge in [0.05, 0.1) is 17.5 Å². The average Bonchev–Trinajstić information content (AvgIpc) is 3.29. The van der Waals surface area contributed by atoms with Gasteiger partial charge in [-0.05, 0) is 25.1 Å². The van der Waals surface area contributed by atoms with Crippen molar-refractivity contribution < 1.29 is 14.4 Å². The summed E-state index contributed by atoms with van der Waals surface area (Å²) in [5, 5.41) is 27.7. The number of hydrogen-bond acceptors (Lipinski definition) is 6. The van der Waals surface area contributed by atoms with Crippen molar-refractivity contribution in [2.45, 2.75) is 13.0 Å².